The lowest BCUT2D eigenvalue weighted by atomic mass is 10.5. The topological polar surface area (TPSA) is 12.9 Å². The molecule has 0 N–H and O–H groups in total. The molecule has 78 valence electrons. The fraction of sp³-hybridized carbons (Fsp3) is 0.375. The molecule has 6 heteroatoms. The van der Waals surface area contributed by atoms with Gasteiger partial charge in [0, 0.05) is 5.75 Å². The van der Waals surface area contributed by atoms with E-state index >= 15 is 0 Å². The smallest absolute Gasteiger partial charge is 0.233 e. The minimum absolute atomic E-state index is 0.350. The second kappa shape index (κ2) is 5.68. The number of nitrogens with zero attached hydrogens (tertiary/aromatic N) is 1. The Morgan fingerprint density at radius 1 is 1.64 bits per heavy atom. The molecule has 0 atom stereocenters. The molecule has 1 rings (SSSR count). The van der Waals surface area contributed by atoms with Gasteiger partial charge in [0.05, 0.1) is 5.69 Å². The minimum atomic E-state index is -1.63. The molecule has 1 nitrogen and oxygen atoms in total. The maximum Gasteiger partial charge on any atom is 0.266 e. The quantitative estimate of drug-likeness (QED) is 0.585. The van der Waals surface area contributed by atoms with Gasteiger partial charge in [-0.05, 0) is 19.4 Å². The van der Waals surface area contributed by atoms with Crippen LogP contribution in [-0.2, 0) is 0 Å². The van der Waals surface area contributed by atoms with Crippen LogP contribution in [0.25, 0.3) is 0 Å². The first kappa shape index (κ1) is 11.9. The highest BCUT2D eigenvalue weighted by atomic mass is 35.5. The summed E-state index contributed by atoms with van der Waals surface area (Å²) >= 11 is 8.63. The monoisotopic (exact) mass is 255 g/mol. The third-order valence-electron chi connectivity index (χ3n) is 1.36. The lowest BCUT2D eigenvalue weighted by Gasteiger charge is -1.91. The van der Waals surface area contributed by atoms with Gasteiger partial charge in [-0.2, -0.15) is 8.78 Å². The number of thioether (sulfide) groups is 1. The van der Waals surface area contributed by atoms with E-state index in [1.165, 1.54) is 23.1 Å². The number of rotatable bonds is 4. The van der Waals surface area contributed by atoms with Crippen molar-refractivity contribution in [1.82, 2.24) is 4.98 Å². The van der Waals surface area contributed by atoms with E-state index < -0.39 is 6.08 Å². The van der Waals surface area contributed by atoms with E-state index in [9.17, 15) is 8.78 Å². The molecular formula is C8H8ClF2NS2. The Bertz CT molecular complexity index is 315. The Hall–Kier alpha value is -0.130. The fourth-order valence-electron chi connectivity index (χ4n) is 0.730. The molecule has 0 saturated heterocycles. The van der Waals surface area contributed by atoms with E-state index in [-0.39, 0.29) is 0 Å². The van der Waals surface area contributed by atoms with Gasteiger partial charge >= 0.3 is 0 Å². The molecule has 0 spiro atoms. The summed E-state index contributed by atoms with van der Waals surface area (Å²) in [5.41, 5.74) is 0.798. The van der Waals surface area contributed by atoms with Crippen LogP contribution >= 0.6 is 34.7 Å². The van der Waals surface area contributed by atoms with Crippen LogP contribution in [0.1, 0.15) is 12.1 Å². The highest BCUT2D eigenvalue weighted by molar-refractivity contribution is 8.01. The van der Waals surface area contributed by atoms with Gasteiger partial charge in [-0.3, -0.25) is 0 Å². The van der Waals surface area contributed by atoms with Gasteiger partial charge < -0.3 is 0 Å². The number of thiazole rings is 1. The zero-order valence-electron chi connectivity index (χ0n) is 7.39. The summed E-state index contributed by atoms with van der Waals surface area (Å²) in [7, 11) is 0. The van der Waals surface area contributed by atoms with E-state index in [0.717, 1.165) is 16.1 Å². The van der Waals surface area contributed by atoms with Crippen LogP contribution in [0.2, 0.25) is 4.34 Å². The van der Waals surface area contributed by atoms with Crippen molar-refractivity contribution in [2.75, 3.05) is 5.75 Å². The van der Waals surface area contributed by atoms with Gasteiger partial charge in [-0.15, -0.1) is 0 Å². The maximum atomic E-state index is 11.6. The lowest BCUT2D eigenvalue weighted by molar-refractivity contribution is 0.418. The van der Waals surface area contributed by atoms with Gasteiger partial charge in [-0.25, -0.2) is 4.98 Å². The second-order valence-electron chi connectivity index (χ2n) is 2.47. The van der Waals surface area contributed by atoms with Crippen molar-refractivity contribution in [2.24, 2.45) is 0 Å². The Morgan fingerprint density at radius 3 is 2.86 bits per heavy atom. The zero-order valence-corrected chi connectivity index (χ0v) is 9.78. The molecule has 1 heterocycles. The highest BCUT2D eigenvalue weighted by Crippen LogP contribution is 2.30. The summed E-state index contributed by atoms with van der Waals surface area (Å²) in [6, 6.07) is 0. The van der Waals surface area contributed by atoms with Crippen LogP contribution in [0, 0.1) is 6.92 Å². The molecule has 0 aliphatic heterocycles. The Morgan fingerprint density at radius 2 is 2.36 bits per heavy atom. The Labute approximate surface area is 94.2 Å². The molecular weight excluding hydrogens is 248 g/mol. The number of allylic oxidation sites excluding steroid dienone is 1. The summed E-state index contributed by atoms with van der Waals surface area (Å²) in [5.74, 6) is 0.598. The average Bonchev–Trinajstić information content (AvgIpc) is 2.40. The van der Waals surface area contributed by atoms with Gasteiger partial charge in [0.25, 0.3) is 6.08 Å². The number of hydrogen-bond donors (Lipinski definition) is 0. The molecule has 1 aromatic rings. The molecule has 0 aliphatic carbocycles. The van der Waals surface area contributed by atoms with E-state index in [0.29, 0.717) is 16.5 Å². The van der Waals surface area contributed by atoms with E-state index in [1.54, 1.807) is 0 Å². The molecule has 0 saturated carbocycles. The normalized spacial score (nSPS) is 10.3. The van der Waals surface area contributed by atoms with Crippen molar-refractivity contribution >= 4 is 34.7 Å². The standard InChI is InChI=1S/C8H8ClF2NS2/c1-5-7(9)14-8(12-5)13-4-2-3-6(10)11/h3H,2,4H2,1H3. The summed E-state index contributed by atoms with van der Waals surface area (Å²) in [5, 5.41) is 0. The largest absolute Gasteiger partial charge is 0.266 e. The predicted octanol–water partition coefficient (Wildman–Crippen LogP) is 4.37. The minimum Gasteiger partial charge on any atom is -0.233 e. The molecule has 14 heavy (non-hydrogen) atoms. The zero-order chi connectivity index (χ0) is 10.6. The SMILES string of the molecule is Cc1nc(SCCC=C(F)F)sc1Cl. The first-order chi connectivity index (χ1) is 6.59. The van der Waals surface area contributed by atoms with Crippen LogP contribution < -0.4 is 0 Å². The molecule has 1 aromatic heterocycles. The fourth-order valence-corrected chi connectivity index (χ4v) is 3.01. The average molecular weight is 256 g/mol. The summed E-state index contributed by atoms with van der Waals surface area (Å²) in [4.78, 5) is 4.17. The third kappa shape index (κ3) is 3.94. The number of aromatic nitrogens is 1. The van der Waals surface area contributed by atoms with Gasteiger partial charge in [0.15, 0.2) is 4.34 Å². The van der Waals surface area contributed by atoms with Crippen LogP contribution in [-0.4, -0.2) is 10.7 Å². The Balaban J connectivity index is 2.35. The highest BCUT2D eigenvalue weighted by Gasteiger charge is 2.04. The first-order valence-corrected chi connectivity index (χ1v) is 6.04. The summed E-state index contributed by atoms with van der Waals surface area (Å²) in [6.07, 6.45) is -0.364. The number of aryl methyl sites for hydroxylation is 1. The van der Waals surface area contributed by atoms with Crippen molar-refractivity contribution < 1.29 is 8.78 Å². The van der Waals surface area contributed by atoms with Gasteiger partial charge in [0.2, 0.25) is 0 Å². The van der Waals surface area contributed by atoms with E-state index in [4.69, 9.17) is 11.6 Å². The van der Waals surface area contributed by atoms with Crippen LogP contribution in [0.3, 0.4) is 0 Å². The maximum absolute atomic E-state index is 11.6. The van der Waals surface area contributed by atoms with Crippen molar-refractivity contribution in [2.45, 2.75) is 17.7 Å². The molecule has 0 unspecified atom stereocenters. The molecule has 0 aliphatic rings. The van der Waals surface area contributed by atoms with E-state index in [1.807, 2.05) is 6.92 Å². The molecule has 0 radical (unpaired) electrons. The van der Waals surface area contributed by atoms with Crippen molar-refractivity contribution in [3.05, 3.63) is 22.2 Å². The predicted molar refractivity (Wildman–Crippen MR) is 57.5 cm³/mol. The van der Waals surface area contributed by atoms with Gasteiger partial charge in [-0.1, -0.05) is 34.7 Å². The molecule has 0 amide bonds. The number of halogens is 3. The third-order valence-corrected chi connectivity index (χ3v) is 3.99. The van der Waals surface area contributed by atoms with Crippen molar-refractivity contribution in [3.8, 4) is 0 Å². The van der Waals surface area contributed by atoms with Crippen LogP contribution in [0.5, 0.6) is 0 Å². The second-order valence-corrected chi connectivity index (χ2v) is 5.41. The molecule has 0 aromatic carbocycles. The van der Waals surface area contributed by atoms with Crippen LogP contribution in [0.15, 0.2) is 16.5 Å². The van der Waals surface area contributed by atoms with Crippen molar-refractivity contribution in [3.63, 3.8) is 0 Å². The lowest BCUT2D eigenvalue weighted by Crippen LogP contribution is -1.77. The number of hydrogen-bond acceptors (Lipinski definition) is 3. The molecule has 0 bridgehead atoms. The summed E-state index contributed by atoms with van der Waals surface area (Å²) in [6.45, 7) is 1.82. The van der Waals surface area contributed by atoms with Gasteiger partial charge in [0.1, 0.15) is 4.34 Å². The summed E-state index contributed by atoms with van der Waals surface area (Å²) < 4.78 is 24.8. The van der Waals surface area contributed by atoms with Crippen molar-refractivity contribution in [1.29, 1.82) is 0 Å². The Kier molecular flexibility index (Phi) is 4.84. The van der Waals surface area contributed by atoms with E-state index in [2.05, 4.69) is 4.98 Å². The van der Waals surface area contributed by atoms with Crippen LogP contribution in [0.4, 0.5) is 8.78 Å². The molecule has 0 fully saturated rings. The first-order valence-electron chi connectivity index (χ1n) is 3.86.